The first-order chi connectivity index (χ1) is 16.2. The van der Waals surface area contributed by atoms with Crippen molar-refractivity contribution in [3.8, 4) is 11.4 Å². The third kappa shape index (κ3) is 3.87. The first-order valence-electron chi connectivity index (χ1n) is 10.4. The van der Waals surface area contributed by atoms with Crippen LogP contribution in [0.3, 0.4) is 0 Å². The summed E-state index contributed by atoms with van der Waals surface area (Å²) < 4.78 is 8.57. The van der Waals surface area contributed by atoms with Gasteiger partial charge in [0.25, 0.3) is 11.1 Å². The van der Waals surface area contributed by atoms with E-state index in [4.69, 9.17) is 9.72 Å². The van der Waals surface area contributed by atoms with Gasteiger partial charge in [0.15, 0.2) is 5.16 Å². The maximum atomic E-state index is 13.5. The molecule has 0 atom stereocenters. The van der Waals surface area contributed by atoms with E-state index in [2.05, 4.69) is 10.3 Å². The van der Waals surface area contributed by atoms with Crippen LogP contribution in [-0.2, 0) is 5.88 Å². The summed E-state index contributed by atoms with van der Waals surface area (Å²) in [6.07, 6.45) is 0. The van der Waals surface area contributed by atoms with Crippen LogP contribution in [0.15, 0.2) is 87.5 Å². The van der Waals surface area contributed by atoms with Crippen LogP contribution in [0, 0.1) is 0 Å². The molecule has 0 aliphatic rings. The molecule has 164 valence electrons. The molecule has 0 amide bonds. The molecule has 5 aromatic rings. The lowest BCUT2D eigenvalue weighted by atomic mass is 10.2. The third-order valence-corrected chi connectivity index (χ3v) is 6.00. The van der Waals surface area contributed by atoms with Crippen molar-refractivity contribution < 1.29 is 4.74 Å². The second-order valence-corrected chi connectivity index (χ2v) is 8.05. The number of benzene rings is 3. The van der Waals surface area contributed by atoms with Gasteiger partial charge in [-0.3, -0.25) is 14.2 Å². The van der Waals surface area contributed by atoms with Crippen LogP contribution in [-0.4, -0.2) is 31.2 Å². The van der Waals surface area contributed by atoms with Gasteiger partial charge in [0, 0.05) is 0 Å². The fourth-order valence-electron chi connectivity index (χ4n) is 3.57. The number of ether oxygens (including phenoxy) is 1. The van der Waals surface area contributed by atoms with Crippen LogP contribution in [0.2, 0.25) is 0 Å². The zero-order chi connectivity index (χ0) is 22.8. The fraction of sp³-hybridized carbons (Fsp3) is 0.125. The van der Waals surface area contributed by atoms with E-state index < -0.39 is 0 Å². The average Bonchev–Trinajstić information content (AvgIpc) is 2.85. The highest BCUT2D eigenvalue weighted by molar-refractivity contribution is 7.98. The quantitative estimate of drug-likeness (QED) is 0.284. The van der Waals surface area contributed by atoms with Gasteiger partial charge in [-0.05, 0) is 43.3 Å². The van der Waals surface area contributed by atoms with E-state index in [1.54, 1.807) is 36.4 Å². The summed E-state index contributed by atoms with van der Waals surface area (Å²) in [4.78, 5) is 31.1. The molecule has 0 fully saturated rings. The number of thioether (sulfide) groups is 1. The van der Waals surface area contributed by atoms with Crippen molar-refractivity contribution in [2.75, 3.05) is 6.61 Å². The molecule has 0 spiro atoms. The standard InChI is InChI=1S/C24H19N5O3S/c1-2-32-21-14-8-7-13-20(21)29-23(31)16-9-3-5-11-18(16)25-24(29)33-15-28-22(30)17-10-4-6-12-19(17)26-27-28/h3-14H,2,15H2,1H3. The SMILES string of the molecule is CCOc1ccccc1-n1c(SCn2nnc3ccccc3c2=O)nc2ccccc2c1=O. The Labute approximate surface area is 192 Å². The molecular weight excluding hydrogens is 438 g/mol. The molecule has 0 saturated heterocycles. The minimum absolute atomic E-state index is 0.137. The van der Waals surface area contributed by atoms with Gasteiger partial charge >= 0.3 is 0 Å². The number of aromatic nitrogens is 5. The molecule has 0 aliphatic heterocycles. The molecule has 0 bridgehead atoms. The second-order valence-electron chi connectivity index (χ2n) is 7.14. The van der Waals surface area contributed by atoms with E-state index in [0.717, 1.165) is 0 Å². The predicted octanol–water partition coefficient (Wildman–Crippen LogP) is 3.64. The Morgan fingerprint density at radius 2 is 1.52 bits per heavy atom. The largest absolute Gasteiger partial charge is 0.492 e. The molecule has 0 N–H and O–H groups in total. The van der Waals surface area contributed by atoms with Crippen LogP contribution in [0.4, 0.5) is 0 Å². The Kier molecular flexibility index (Phi) is 5.62. The van der Waals surface area contributed by atoms with Gasteiger partial charge in [-0.1, -0.05) is 53.4 Å². The van der Waals surface area contributed by atoms with Gasteiger partial charge in [-0.15, -0.1) is 5.10 Å². The van der Waals surface area contributed by atoms with Crippen LogP contribution < -0.4 is 15.9 Å². The lowest BCUT2D eigenvalue weighted by Gasteiger charge is -2.16. The topological polar surface area (TPSA) is 91.9 Å². The van der Waals surface area contributed by atoms with Crippen molar-refractivity contribution in [2.45, 2.75) is 18.0 Å². The zero-order valence-corrected chi connectivity index (χ0v) is 18.5. The van der Waals surface area contributed by atoms with Gasteiger partial charge in [0.2, 0.25) is 0 Å². The van der Waals surface area contributed by atoms with E-state index in [0.29, 0.717) is 45.0 Å². The fourth-order valence-corrected chi connectivity index (χ4v) is 4.45. The summed E-state index contributed by atoms with van der Waals surface area (Å²) in [6, 6.07) is 21.6. The number of para-hydroxylation sites is 3. The molecule has 0 unspecified atom stereocenters. The van der Waals surface area contributed by atoms with Gasteiger partial charge in [0.1, 0.15) is 11.3 Å². The summed E-state index contributed by atoms with van der Waals surface area (Å²) >= 11 is 1.23. The lowest BCUT2D eigenvalue weighted by Crippen LogP contribution is -2.25. The molecule has 0 aliphatic carbocycles. The maximum Gasteiger partial charge on any atom is 0.278 e. The van der Waals surface area contributed by atoms with Crippen molar-refractivity contribution in [1.82, 2.24) is 24.5 Å². The maximum absolute atomic E-state index is 13.5. The van der Waals surface area contributed by atoms with Crippen molar-refractivity contribution in [2.24, 2.45) is 0 Å². The minimum Gasteiger partial charge on any atom is -0.492 e. The number of hydrogen-bond donors (Lipinski definition) is 0. The molecule has 3 aromatic carbocycles. The van der Waals surface area contributed by atoms with E-state index >= 15 is 0 Å². The van der Waals surface area contributed by atoms with Crippen molar-refractivity contribution in [3.05, 3.63) is 93.5 Å². The minimum atomic E-state index is -0.252. The Bertz CT molecular complexity index is 1600. The smallest absolute Gasteiger partial charge is 0.278 e. The molecule has 33 heavy (non-hydrogen) atoms. The predicted molar refractivity (Wildman–Crippen MR) is 128 cm³/mol. The van der Waals surface area contributed by atoms with Crippen LogP contribution in [0.5, 0.6) is 5.75 Å². The van der Waals surface area contributed by atoms with Crippen LogP contribution >= 0.6 is 11.8 Å². The highest BCUT2D eigenvalue weighted by Gasteiger charge is 2.17. The molecule has 9 heteroatoms. The molecule has 5 rings (SSSR count). The number of fused-ring (bicyclic) bond motifs is 2. The Balaban J connectivity index is 1.64. The van der Waals surface area contributed by atoms with Crippen molar-refractivity contribution in [3.63, 3.8) is 0 Å². The summed E-state index contributed by atoms with van der Waals surface area (Å²) in [7, 11) is 0. The van der Waals surface area contributed by atoms with Gasteiger partial charge in [0.05, 0.1) is 34.5 Å². The monoisotopic (exact) mass is 457 g/mol. The van der Waals surface area contributed by atoms with E-state index in [1.807, 2.05) is 43.3 Å². The summed E-state index contributed by atoms with van der Waals surface area (Å²) in [5.41, 5.74) is 1.23. The van der Waals surface area contributed by atoms with Gasteiger partial charge in [-0.2, -0.15) is 4.68 Å². The summed E-state index contributed by atoms with van der Waals surface area (Å²) in [5, 5.41) is 9.59. The number of nitrogens with zero attached hydrogens (tertiary/aromatic N) is 5. The molecule has 2 heterocycles. The Morgan fingerprint density at radius 1 is 0.848 bits per heavy atom. The first-order valence-corrected chi connectivity index (χ1v) is 11.4. The van der Waals surface area contributed by atoms with Crippen molar-refractivity contribution >= 4 is 33.6 Å². The van der Waals surface area contributed by atoms with Gasteiger partial charge in [-0.25, -0.2) is 4.98 Å². The molecule has 2 aromatic heterocycles. The molecule has 0 saturated carbocycles. The first kappa shape index (κ1) is 20.9. The van der Waals surface area contributed by atoms with Gasteiger partial charge < -0.3 is 4.74 Å². The number of rotatable bonds is 6. The van der Waals surface area contributed by atoms with E-state index in [-0.39, 0.29) is 17.0 Å². The zero-order valence-electron chi connectivity index (χ0n) is 17.7. The van der Waals surface area contributed by atoms with E-state index in [1.165, 1.54) is 21.0 Å². The van der Waals surface area contributed by atoms with Crippen LogP contribution in [0.1, 0.15) is 6.92 Å². The molecular formula is C24H19N5O3S. The Hall–Kier alpha value is -3.98. The normalized spacial score (nSPS) is 11.2. The second kappa shape index (κ2) is 8.87. The van der Waals surface area contributed by atoms with E-state index in [9.17, 15) is 9.59 Å². The molecule has 8 nitrogen and oxygen atoms in total. The molecule has 0 radical (unpaired) electrons. The van der Waals surface area contributed by atoms with Crippen LogP contribution in [0.25, 0.3) is 27.5 Å². The highest BCUT2D eigenvalue weighted by Crippen LogP contribution is 2.27. The highest BCUT2D eigenvalue weighted by atomic mass is 32.2. The third-order valence-electron chi connectivity index (χ3n) is 5.10. The number of hydrogen-bond acceptors (Lipinski definition) is 7. The Morgan fingerprint density at radius 3 is 2.30 bits per heavy atom. The van der Waals surface area contributed by atoms with Crippen molar-refractivity contribution in [1.29, 1.82) is 0 Å². The summed E-state index contributed by atoms with van der Waals surface area (Å²) in [5.74, 6) is 0.710. The average molecular weight is 458 g/mol. The lowest BCUT2D eigenvalue weighted by molar-refractivity contribution is 0.338. The summed E-state index contributed by atoms with van der Waals surface area (Å²) in [6.45, 7) is 2.34.